The molecule has 0 saturated carbocycles. The Labute approximate surface area is 106 Å². The molecule has 0 atom stereocenters. The molecule has 0 fully saturated rings. The molecule has 0 aliphatic carbocycles. The minimum absolute atomic E-state index is 0.656. The molecule has 1 heterocycles. The molecule has 0 saturated heterocycles. The molecule has 2 rings (SSSR count). The summed E-state index contributed by atoms with van der Waals surface area (Å²) < 4.78 is 7.01. The largest absolute Gasteiger partial charge is 0.497 e. The zero-order valence-corrected chi connectivity index (χ0v) is 10.6. The number of hydrogen-bond donors (Lipinski definition) is 1. The minimum Gasteiger partial charge on any atom is -0.497 e. The number of likely N-dealkylation sites (N-methyl/N-ethyl adjacent to an activating group) is 1. The fourth-order valence-electron chi connectivity index (χ4n) is 1.71. The van der Waals surface area contributed by atoms with Crippen LogP contribution in [0.4, 0.5) is 0 Å². The minimum atomic E-state index is 0.656. The first-order valence-electron chi connectivity index (χ1n) is 5.86. The standard InChI is InChI=1S/C12H17N5O/c1-13-7-6-12-14-15-16-17(12)9-10-4-3-5-11(8-10)18-2/h3-5,8,13H,6-7,9H2,1-2H3. The van der Waals surface area contributed by atoms with Gasteiger partial charge in [-0.25, -0.2) is 4.68 Å². The Morgan fingerprint density at radius 3 is 3.06 bits per heavy atom. The summed E-state index contributed by atoms with van der Waals surface area (Å²) in [5, 5.41) is 14.8. The quantitative estimate of drug-likeness (QED) is 0.805. The van der Waals surface area contributed by atoms with E-state index in [2.05, 4.69) is 20.8 Å². The number of methoxy groups -OCH3 is 1. The van der Waals surface area contributed by atoms with Crippen LogP contribution in [0.5, 0.6) is 5.75 Å². The highest BCUT2D eigenvalue weighted by Gasteiger charge is 2.06. The third-order valence-corrected chi connectivity index (χ3v) is 2.67. The Morgan fingerprint density at radius 1 is 1.39 bits per heavy atom. The maximum atomic E-state index is 5.20. The number of aromatic nitrogens is 4. The second-order valence-electron chi connectivity index (χ2n) is 3.96. The molecule has 0 bridgehead atoms. The van der Waals surface area contributed by atoms with Crippen molar-refractivity contribution in [3.05, 3.63) is 35.7 Å². The van der Waals surface area contributed by atoms with Gasteiger partial charge >= 0.3 is 0 Å². The molecule has 0 aliphatic rings. The summed E-state index contributed by atoms with van der Waals surface area (Å²) in [5.74, 6) is 1.73. The van der Waals surface area contributed by atoms with E-state index in [9.17, 15) is 0 Å². The lowest BCUT2D eigenvalue weighted by atomic mass is 10.2. The fourth-order valence-corrected chi connectivity index (χ4v) is 1.71. The van der Waals surface area contributed by atoms with Crippen LogP contribution in [0.3, 0.4) is 0 Å². The zero-order valence-electron chi connectivity index (χ0n) is 10.6. The molecule has 0 spiro atoms. The molecule has 6 nitrogen and oxygen atoms in total. The van der Waals surface area contributed by atoms with Gasteiger partial charge < -0.3 is 10.1 Å². The van der Waals surface area contributed by atoms with E-state index < -0.39 is 0 Å². The highest BCUT2D eigenvalue weighted by Crippen LogP contribution is 2.13. The van der Waals surface area contributed by atoms with Crippen LogP contribution in [0.2, 0.25) is 0 Å². The van der Waals surface area contributed by atoms with Crippen molar-refractivity contribution in [1.82, 2.24) is 25.5 Å². The maximum absolute atomic E-state index is 5.20. The predicted molar refractivity (Wildman–Crippen MR) is 67.5 cm³/mol. The highest BCUT2D eigenvalue weighted by molar-refractivity contribution is 5.28. The lowest BCUT2D eigenvalue weighted by molar-refractivity contribution is 0.414. The van der Waals surface area contributed by atoms with Gasteiger partial charge in [-0.3, -0.25) is 0 Å². The van der Waals surface area contributed by atoms with Crippen LogP contribution >= 0.6 is 0 Å². The number of nitrogens with one attached hydrogen (secondary N) is 1. The van der Waals surface area contributed by atoms with Crippen LogP contribution in [-0.4, -0.2) is 40.9 Å². The number of hydrogen-bond acceptors (Lipinski definition) is 5. The summed E-state index contributed by atoms with van der Waals surface area (Å²) in [7, 11) is 3.57. The van der Waals surface area contributed by atoms with Crippen LogP contribution in [0, 0.1) is 0 Å². The smallest absolute Gasteiger partial charge is 0.152 e. The van der Waals surface area contributed by atoms with Gasteiger partial charge in [0, 0.05) is 13.0 Å². The molecule has 1 aromatic heterocycles. The summed E-state index contributed by atoms with van der Waals surface area (Å²) in [6.45, 7) is 1.52. The van der Waals surface area contributed by atoms with Crippen LogP contribution in [-0.2, 0) is 13.0 Å². The first kappa shape index (κ1) is 12.5. The average molecular weight is 247 g/mol. The Morgan fingerprint density at radius 2 is 2.28 bits per heavy atom. The molecule has 96 valence electrons. The lowest BCUT2D eigenvalue weighted by Gasteiger charge is -2.06. The van der Waals surface area contributed by atoms with Gasteiger partial charge in [0.1, 0.15) is 5.75 Å². The third kappa shape index (κ3) is 3.04. The van der Waals surface area contributed by atoms with Gasteiger partial charge in [0.25, 0.3) is 0 Å². The topological polar surface area (TPSA) is 64.9 Å². The van der Waals surface area contributed by atoms with Crippen molar-refractivity contribution < 1.29 is 4.74 Å². The van der Waals surface area contributed by atoms with Gasteiger partial charge in [-0.05, 0) is 35.2 Å². The Bertz CT molecular complexity index is 497. The first-order chi connectivity index (χ1) is 8.83. The van der Waals surface area contributed by atoms with Crippen molar-refractivity contribution in [3.8, 4) is 5.75 Å². The van der Waals surface area contributed by atoms with E-state index >= 15 is 0 Å². The molecular formula is C12H17N5O. The monoisotopic (exact) mass is 247 g/mol. The number of rotatable bonds is 6. The first-order valence-corrected chi connectivity index (χ1v) is 5.86. The average Bonchev–Trinajstić information content (AvgIpc) is 2.84. The molecule has 0 unspecified atom stereocenters. The summed E-state index contributed by atoms with van der Waals surface area (Å²) >= 11 is 0. The molecule has 0 radical (unpaired) electrons. The highest BCUT2D eigenvalue weighted by atomic mass is 16.5. The summed E-state index contributed by atoms with van der Waals surface area (Å²) in [6, 6.07) is 7.91. The Hall–Kier alpha value is -1.95. The summed E-state index contributed by atoms with van der Waals surface area (Å²) in [4.78, 5) is 0. The van der Waals surface area contributed by atoms with Gasteiger partial charge in [0.2, 0.25) is 0 Å². The summed E-state index contributed by atoms with van der Waals surface area (Å²) in [5.41, 5.74) is 1.12. The number of benzene rings is 1. The van der Waals surface area contributed by atoms with E-state index in [1.807, 2.05) is 36.0 Å². The molecular weight excluding hydrogens is 230 g/mol. The zero-order chi connectivity index (χ0) is 12.8. The fraction of sp³-hybridized carbons (Fsp3) is 0.417. The van der Waals surface area contributed by atoms with Crippen molar-refractivity contribution >= 4 is 0 Å². The molecule has 2 aromatic rings. The maximum Gasteiger partial charge on any atom is 0.152 e. The summed E-state index contributed by atoms with van der Waals surface area (Å²) in [6.07, 6.45) is 0.813. The molecule has 0 amide bonds. The molecule has 6 heteroatoms. The second-order valence-corrected chi connectivity index (χ2v) is 3.96. The number of tetrazole rings is 1. The molecule has 0 aliphatic heterocycles. The van der Waals surface area contributed by atoms with Gasteiger partial charge in [0.05, 0.1) is 13.7 Å². The van der Waals surface area contributed by atoms with Crippen molar-refractivity contribution in [2.45, 2.75) is 13.0 Å². The lowest BCUT2D eigenvalue weighted by Crippen LogP contribution is -2.15. The van der Waals surface area contributed by atoms with Gasteiger partial charge in [-0.1, -0.05) is 12.1 Å². The van der Waals surface area contributed by atoms with Crippen molar-refractivity contribution in [1.29, 1.82) is 0 Å². The van der Waals surface area contributed by atoms with E-state index in [-0.39, 0.29) is 0 Å². The van der Waals surface area contributed by atoms with Crippen LogP contribution in [0.15, 0.2) is 24.3 Å². The van der Waals surface area contributed by atoms with E-state index in [0.29, 0.717) is 6.54 Å². The van der Waals surface area contributed by atoms with Crippen molar-refractivity contribution in [2.75, 3.05) is 20.7 Å². The Balaban J connectivity index is 2.10. The normalized spacial score (nSPS) is 10.6. The van der Waals surface area contributed by atoms with Crippen LogP contribution in [0.1, 0.15) is 11.4 Å². The van der Waals surface area contributed by atoms with E-state index in [1.165, 1.54) is 0 Å². The SMILES string of the molecule is CNCCc1nnnn1Cc1cccc(OC)c1. The predicted octanol–water partition coefficient (Wildman–Crippen LogP) is 0.492. The van der Waals surface area contributed by atoms with Gasteiger partial charge in [-0.2, -0.15) is 0 Å². The van der Waals surface area contributed by atoms with E-state index in [0.717, 1.165) is 30.1 Å². The molecule has 1 N–H and O–H groups in total. The number of nitrogens with zero attached hydrogens (tertiary/aromatic N) is 4. The Kier molecular flexibility index (Phi) is 4.25. The van der Waals surface area contributed by atoms with Crippen molar-refractivity contribution in [2.24, 2.45) is 0 Å². The molecule has 18 heavy (non-hydrogen) atoms. The second kappa shape index (κ2) is 6.11. The van der Waals surface area contributed by atoms with E-state index in [1.54, 1.807) is 7.11 Å². The van der Waals surface area contributed by atoms with Crippen LogP contribution in [0.25, 0.3) is 0 Å². The van der Waals surface area contributed by atoms with Gasteiger partial charge in [-0.15, -0.1) is 5.10 Å². The third-order valence-electron chi connectivity index (χ3n) is 2.67. The van der Waals surface area contributed by atoms with E-state index in [4.69, 9.17) is 4.74 Å². The van der Waals surface area contributed by atoms with Crippen molar-refractivity contribution in [3.63, 3.8) is 0 Å². The molecule has 1 aromatic carbocycles. The van der Waals surface area contributed by atoms with Crippen LogP contribution < -0.4 is 10.1 Å². The van der Waals surface area contributed by atoms with Gasteiger partial charge in [0.15, 0.2) is 5.82 Å². The number of ether oxygens (including phenoxy) is 1.